The van der Waals surface area contributed by atoms with Gasteiger partial charge in [-0.1, -0.05) is 23.7 Å². The Morgan fingerprint density at radius 2 is 1.97 bits per heavy atom. The lowest BCUT2D eigenvalue weighted by atomic mass is 10.0. The van der Waals surface area contributed by atoms with Crippen molar-refractivity contribution in [1.82, 2.24) is 5.32 Å². The van der Waals surface area contributed by atoms with E-state index in [1.165, 1.54) is 28.6 Å². The maximum absolute atomic E-state index is 11.3. The smallest absolute Gasteiger partial charge is 0.330 e. The molecule has 5 nitrogen and oxygen atoms in total. The first-order valence-electron chi connectivity index (χ1n) is 10.9. The fraction of sp³-hybridized carbons (Fsp3) is 0.400. The molecule has 2 aromatic rings. The van der Waals surface area contributed by atoms with Gasteiger partial charge in [0, 0.05) is 35.6 Å². The number of esters is 1. The summed E-state index contributed by atoms with van der Waals surface area (Å²) in [5.74, 6) is 0.598. The molecule has 0 radical (unpaired) electrons. The Labute approximate surface area is 190 Å². The highest BCUT2D eigenvalue weighted by molar-refractivity contribution is 6.30. The lowest BCUT2D eigenvalue weighted by molar-refractivity contribution is -0.137. The number of fused-ring (bicyclic) bond motifs is 2. The number of hydrogen-bond donors (Lipinski definition) is 1. The minimum atomic E-state index is -0.293. The number of carbonyl (C=O) groups excluding carboxylic acids is 1. The molecule has 0 bridgehead atoms. The average molecular weight is 443 g/mol. The van der Waals surface area contributed by atoms with E-state index in [1.807, 2.05) is 12.1 Å². The van der Waals surface area contributed by atoms with Gasteiger partial charge in [0.1, 0.15) is 5.75 Å². The summed E-state index contributed by atoms with van der Waals surface area (Å²) in [6, 6.07) is 12.5. The van der Waals surface area contributed by atoms with Crippen LogP contribution in [0, 0.1) is 0 Å². The molecular weight excluding hydrogens is 412 g/mol. The highest BCUT2D eigenvalue weighted by atomic mass is 35.5. The average Bonchev–Trinajstić information content (AvgIpc) is 2.92. The summed E-state index contributed by atoms with van der Waals surface area (Å²) in [6.45, 7) is 4.66. The second kappa shape index (κ2) is 11.8. The second-order valence-electron chi connectivity index (χ2n) is 7.48. The van der Waals surface area contributed by atoms with Crippen LogP contribution in [0.1, 0.15) is 30.9 Å². The number of methoxy groups -OCH3 is 1. The molecule has 1 aliphatic heterocycles. The molecule has 6 heteroatoms. The number of carbonyl (C=O) groups is 1. The van der Waals surface area contributed by atoms with E-state index in [2.05, 4.69) is 34.5 Å². The Morgan fingerprint density at radius 1 is 1.13 bits per heavy atom. The van der Waals surface area contributed by atoms with Gasteiger partial charge in [-0.3, -0.25) is 0 Å². The van der Waals surface area contributed by atoms with Gasteiger partial charge in [-0.15, -0.1) is 0 Å². The number of rotatable bonds is 10. The Bertz CT molecular complexity index is 914. The van der Waals surface area contributed by atoms with Gasteiger partial charge >= 0.3 is 5.97 Å². The molecule has 0 unspecified atom stereocenters. The van der Waals surface area contributed by atoms with Crippen molar-refractivity contribution in [1.29, 1.82) is 0 Å². The molecule has 0 fully saturated rings. The Hall–Kier alpha value is -2.50. The van der Waals surface area contributed by atoms with Crippen LogP contribution in [0.5, 0.6) is 5.75 Å². The number of halogens is 1. The molecule has 2 aromatic carbocycles. The Morgan fingerprint density at radius 3 is 2.77 bits per heavy atom. The van der Waals surface area contributed by atoms with E-state index in [9.17, 15) is 4.79 Å². The van der Waals surface area contributed by atoms with Crippen molar-refractivity contribution in [3.8, 4) is 5.75 Å². The summed E-state index contributed by atoms with van der Waals surface area (Å²) in [6.07, 6.45) is 7.30. The van der Waals surface area contributed by atoms with Crippen LogP contribution in [-0.2, 0) is 22.4 Å². The van der Waals surface area contributed by atoms with E-state index in [0.29, 0.717) is 13.2 Å². The predicted octanol–water partition coefficient (Wildman–Crippen LogP) is 5.07. The van der Waals surface area contributed by atoms with Crippen molar-refractivity contribution >= 4 is 28.9 Å². The molecule has 0 atom stereocenters. The normalized spacial score (nSPS) is 12.9. The fourth-order valence-corrected chi connectivity index (χ4v) is 4.01. The monoisotopic (exact) mass is 442 g/mol. The number of ether oxygens (including phenoxy) is 2. The van der Waals surface area contributed by atoms with Crippen LogP contribution < -0.4 is 15.0 Å². The Balaban J connectivity index is 1.61. The third kappa shape index (κ3) is 6.49. The van der Waals surface area contributed by atoms with Gasteiger partial charge in [0.25, 0.3) is 0 Å². The zero-order valence-corrected chi connectivity index (χ0v) is 19.1. The first-order chi connectivity index (χ1) is 15.1. The molecule has 0 amide bonds. The number of unbranched alkanes of at least 4 members (excludes halogenated alkanes) is 1. The second-order valence-corrected chi connectivity index (χ2v) is 7.92. The molecule has 0 spiro atoms. The van der Waals surface area contributed by atoms with Crippen LogP contribution >= 0.6 is 11.6 Å². The molecule has 3 rings (SSSR count). The standard InChI is InChI=1S/C25H31ClN2O3/c1-3-31-25(29)7-6-15-27-14-4-5-16-28-23-13-12-22(30-2)17-20(23)9-8-19-10-11-21(26)18-24(19)28/h6-7,10-13,17-18,27H,3-5,8-9,14-16H2,1-2H3/b7-6+. The van der Waals surface area contributed by atoms with E-state index in [1.54, 1.807) is 20.1 Å². The molecule has 166 valence electrons. The van der Waals surface area contributed by atoms with Crippen molar-refractivity contribution in [2.24, 2.45) is 0 Å². The van der Waals surface area contributed by atoms with E-state index < -0.39 is 0 Å². The first-order valence-corrected chi connectivity index (χ1v) is 11.3. The van der Waals surface area contributed by atoms with Gasteiger partial charge in [-0.05, 0) is 80.6 Å². The van der Waals surface area contributed by atoms with Gasteiger partial charge < -0.3 is 19.7 Å². The van der Waals surface area contributed by atoms with E-state index in [0.717, 1.165) is 49.5 Å². The quantitative estimate of drug-likeness (QED) is 0.316. The lowest BCUT2D eigenvalue weighted by Crippen LogP contribution is -2.22. The number of benzene rings is 2. The van der Waals surface area contributed by atoms with Crippen LogP contribution in [0.2, 0.25) is 5.02 Å². The number of anilines is 2. The summed E-state index contributed by atoms with van der Waals surface area (Å²) in [4.78, 5) is 13.7. The number of hydrogen-bond acceptors (Lipinski definition) is 5. The zero-order chi connectivity index (χ0) is 22.1. The summed E-state index contributed by atoms with van der Waals surface area (Å²) in [7, 11) is 1.71. The molecule has 0 aromatic heterocycles. The first kappa shape index (κ1) is 23.2. The molecule has 1 aliphatic rings. The maximum Gasteiger partial charge on any atom is 0.330 e. The zero-order valence-electron chi connectivity index (χ0n) is 18.3. The maximum atomic E-state index is 11.3. The molecule has 1 N–H and O–H groups in total. The minimum absolute atomic E-state index is 0.293. The van der Waals surface area contributed by atoms with E-state index >= 15 is 0 Å². The van der Waals surface area contributed by atoms with Gasteiger partial charge in [-0.2, -0.15) is 0 Å². The van der Waals surface area contributed by atoms with Crippen LogP contribution in [0.25, 0.3) is 0 Å². The van der Waals surface area contributed by atoms with Crippen molar-refractivity contribution < 1.29 is 14.3 Å². The molecule has 0 saturated heterocycles. The molecule has 1 heterocycles. The highest BCUT2D eigenvalue weighted by Gasteiger charge is 2.21. The van der Waals surface area contributed by atoms with Gasteiger partial charge in [-0.25, -0.2) is 4.79 Å². The Kier molecular flexibility index (Phi) is 8.80. The van der Waals surface area contributed by atoms with Gasteiger partial charge in [0.2, 0.25) is 0 Å². The third-order valence-electron chi connectivity index (χ3n) is 5.37. The molecule has 0 aliphatic carbocycles. The van der Waals surface area contributed by atoms with E-state index in [4.69, 9.17) is 21.1 Å². The molecule has 31 heavy (non-hydrogen) atoms. The SMILES string of the molecule is CCOC(=O)/C=C/CNCCCCN1c2ccc(OC)cc2CCc2ccc(Cl)cc21. The van der Waals surface area contributed by atoms with Crippen LogP contribution in [0.3, 0.4) is 0 Å². The van der Waals surface area contributed by atoms with Crippen LogP contribution in [-0.4, -0.2) is 39.3 Å². The van der Waals surface area contributed by atoms with Crippen LogP contribution in [0.4, 0.5) is 11.4 Å². The van der Waals surface area contributed by atoms with Crippen molar-refractivity contribution in [2.45, 2.75) is 32.6 Å². The number of nitrogens with zero attached hydrogens (tertiary/aromatic N) is 1. The van der Waals surface area contributed by atoms with Gasteiger partial charge in [0.15, 0.2) is 0 Å². The third-order valence-corrected chi connectivity index (χ3v) is 5.60. The van der Waals surface area contributed by atoms with Crippen molar-refractivity contribution in [3.63, 3.8) is 0 Å². The minimum Gasteiger partial charge on any atom is -0.497 e. The van der Waals surface area contributed by atoms with E-state index in [-0.39, 0.29) is 5.97 Å². The number of aryl methyl sites for hydroxylation is 2. The van der Waals surface area contributed by atoms with Crippen molar-refractivity contribution in [2.75, 3.05) is 38.3 Å². The molecule has 0 saturated carbocycles. The highest BCUT2D eigenvalue weighted by Crippen LogP contribution is 2.38. The summed E-state index contributed by atoms with van der Waals surface area (Å²) in [5, 5.41) is 4.10. The summed E-state index contributed by atoms with van der Waals surface area (Å²) < 4.78 is 10.3. The topological polar surface area (TPSA) is 50.8 Å². The van der Waals surface area contributed by atoms with Crippen LogP contribution in [0.15, 0.2) is 48.6 Å². The molecular formula is C25H31ClN2O3. The summed E-state index contributed by atoms with van der Waals surface area (Å²) in [5.41, 5.74) is 5.05. The largest absolute Gasteiger partial charge is 0.497 e. The fourth-order valence-electron chi connectivity index (χ4n) is 3.84. The number of nitrogens with one attached hydrogen (secondary N) is 1. The van der Waals surface area contributed by atoms with Crippen molar-refractivity contribution in [3.05, 3.63) is 64.7 Å². The lowest BCUT2D eigenvalue weighted by Gasteiger charge is -2.27. The van der Waals surface area contributed by atoms with Gasteiger partial charge in [0.05, 0.1) is 13.7 Å². The predicted molar refractivity (Wildman–Crippen MR) is 127 cm³/mol. The summed E-state index contributed by atoms with van der Waals surface area (Å²) >= 11 is 6.35.